The van der Waals surface area contributed by atoms with Crippen LogP contribution in [0.4, 0.5) is 0 Å². The van der Waals surface area contributed by atoms with Gasteiger partial charge in [0.25, 0.3) is 0 Å². The first-order valence-electron chi connectivity index (χ1n) is 6.86. The Morgan fingerprint density at radius 3 is 2.47 bits per heavy atom. The molecule has 1 unspecified atom stereocenters. The molecule has 2 rings (SSSR count). The fraction of sp³-hybridized carbons (Fsp3) is 0.929. The second-order valence-corrected chi connectivity index (χ2v) is 6.62. The van der Waals surface area contributed by atoms with E-state index >= 15 is 0 Å². The van der Waals surface area contributed by atoms with Crippen LogP contribution in [0, 0.1) is 11.3 Å². The number of aliphatic hydroxyl groups is 1. The van der Waals surface area contributed by atoms with Crippen molar-refractivity contribution in [3.63, 3.8) is 0 Å². The van der Waals surface area contributed by atoms with Crippen LogP contribution in [0.3, 0.4) is 0 Å². The minimum absolute atomic E-state index is 0.132. The van der Waals surface area contributed by atoms with Crippen molar-refractivity contribution >= 4 is 6.29 Å². The molecule has 0 amide bonds. The standard InChI is InChI=1S/C14H25NO2/c1-12-3-5-14(11-16,6-4-12)10-15-8-7-13(2,17)9-15/h11-12,17H,3-10H2,1-2H3. The third kappa shape index (κ3) is 3.08. The summed E-state index contributed by atoms with van der Waals surface area (Å²) in [4.78, 5) is 13.7. The van der Waals surface area contributed by atoms with Crippen LogP contribution < -0.4 is 0 Å². The van der Waals surface area contributed by atoms with Crippen LogP contribution >= 0.6 is 0 Å². The molecule has 0 aromatic carbocycles. The Kier molecular flexibility index (Phi) is 3.60. The molecule has 3 nitrogen and oxygen atoms in total. The van der Waals surface area contributed by atoms with E-state index in [1.54, 1.807) is 0 Å². The van der Waals surface area contributed by atoms with Crippen LogP contribution in [0.2, 0.25) is 0 Å². The normalized spacial score (nSPS) is 43.8. The summed E-state index contributed by atoms with van der Waals surface area (Å²) >= 11 is 0. The van der Waals surface area contributed by atoms with Crippen molar-refractivity contribution in [2.75, 3.05) is 19.6 Å². The van der Waals surface area contributed by atoms with E-state index in [-0.39, 0.29) is 5.41 Å². The molecule has 1 N–H and O–H groups in total. The maximum atomic E-state index is 11.4. The fourth-order valence-corrected chi connectivity index (χ4v) is 3.27. The Labute approximate surface area is 104 Å². The van der Waals surface area contributed by atoms with Gasteiger partial charge in [-0.1, -0.05) is 6.92 Å². The molecular formula is C14H25NO2. The van der Waals surface area contributed by atoms with Gasteiger partial charge < -0.3 is 9.90 Å². The number of hydrogen-bond acceptors (Lipinski definition) is 3. The number of rotatable bonds is 3. The van der Waals surface area contributed by atoms with Gasteiger partial charge in [-0.05, 0) is 44.9 Å². The van der Waals surface area contributed by atoms with Gasteiger partial charge in [0.15, 0.2) is 0 Å². The lowest BCUT2D eigenvalue weighted by molar-refractivity contribution is -0.119. The second kappa shape index (κ2) is 4.69. The van der Waals surface area contributed by atoms with Crippen molar-refractivity contribution in [2.45, 2.75) is 51.6 Å². The van der Waals surface area contributed by atoms with E-state index in [2.05, 4.69) is 11.8 Å². The predicted molar refractivity (Wildman–Crippen MR) is 67.8 cm³/mol. The molecule has 0 radical (unpaired) electrons. The Morgan fingerprint density at radius 2 is 2.00 bits per heavy atom. The summed E-state index contributed by atoms with van der Waals surface area (Å²) in [7, 11) is 0. The van der Waals surface area contributed by atoms with Crippen LogP contribution in [0.25, 0.3) is 0 Å². The summed E-state index contributed by atoms with van der Waals surface area (Å²) in [6, 6.07) is 0. The Bertz CT molecular complexity index is 280. The quantitative estimate of drug-likeness (QED) is 0.764. The molecule has 1 aliphatic heterocycles. The molecular weight excluding hydrogens is 214 g/mol. The van der Waals surface area contributed by atoms with Crippen LogP contribution in [0.15, 0.2) is 0 Å². The van der Waals surface area contributed by atoms with Crippen LogP contribution in [0.5, 0.6) is 0 Å². The predicted octanol–water partition coefficient (Wildman–Crippen LogP) is 1.84. The van der Waals surface area contributed by atoms with Crippen molar-refractivity contribution in [3.05, 3.63) is 0 Å². The molecule has 0 spiro atoms. The first-order valence-corrected chi connectivity index (χ1v) is 6.86. The van der Waals surface area contributed by atoms with E-state index in [4.69, 9.17) is 0 Å². The summed E-state index contributed by atoms with van der Waals surface area (Å²) < 4.78 is 0. The lowest BCUT2D eigenvalue weighted by atomic mass is 9.71. The molecule has 1 heterocycles. The Hall–Kier alpha value is -0.410. The molecule has 2 fully saturated rings. The van der Waals surface area contributed by atoms with E-state index in [0.29, 0.717) is 0 Å². The summed E-state index contributed by atoms with van der Waals surface area (Å²) in [5.41, 5.74) is -0.682. The first kappa shape index (κ1) is 13.0. The van der Waals surface area contributed by atoms with E-state index in [1.165, 1.54) is 19.1 Å². The monoisotopic (exact) mass is 239 g/mol. The van der Waals surface area contributed by atoms with E-state index in [9.17, 15) is 9.90 Å². The largest absolute Gasteiger partial charge is 0.389 e. The van der Waals surface area contributed by atoms with Gasteiger partial charge in [-0.3, -0.25) is 4.90 Å². The van der Waals surface area contributed by atoms with Crippen molar-refractivity contribution in [1.29, 1.82) is 0 Å². The minimum Gasteiger partial charge on any atom is -0.389 e. The Balaban J connectivity index is 1.94. The topological polar surface area (TPSA) is 40.5 Å². The highest BCUT2D eigenvalue weighted by molar-refractivity contribution is 5.60. The lowest BCUT2D eigenvalue weighted by Gasteiger charge is -2.37. The van der Waals surface area contributed by atoms with Crippen molar-refractivity contribution in [1.82, 2.24) is 4.90 Å². The highest BCUT2D eigenvalue weighted by Crippen LogP contribution is 2.39. The summed E-state index contributed by atoms with van der Waals surface area (Å²) in [5, 5.41) is 9.96. The lowest BCUT2D eigenvalue weighted by Crippen LogP contribution is -2.41. The number of carbonyl (C=O) groups is 1. The molecule has 1 aliphatic carbocycles. The number of β-amino-alcohol motifs (C(OH)–C–C–N with tert-alkyl or cyclic N) is 1. The third-order valence-electron chi connectivity index (χ3n) is 4.59. The molecule has 1 saturated carbocycles. The van der Waals surface area contributed by atoms with Gasteiger partial charge in [-0.25, -0.2) is 0 Å². The third-order valence-corrected chi connectivity index (χ3v) is 4.59. The molecule has 1 atom stereocenters. The van der Waals surface area contributed by atoms with Crippen molar-refractivity contribution in [2.24, 2.45) is 11.3 Å². The van der Waals surface area contributed by atoms with E-state index in [1.807, 2.05) is 6.92 Å². The molecule has 1 saturated heterocycles. The zero-order chi connectivity index (χ0) is 12.5. The maximum Gasteiger partial charge on any atom is 0.127 e. The Morgan fingerprint density at radius 1 is 1.35 bits per heavy atom. The van der Waals surface area contributed by atoms with E-state index < -0.39 is 5.60 Å². The van der Waals surface area contributed by atoms with Crippen LogP contribution in [-0.2, 0) is 4.79 Å². The van der Waals surface area contributed by atoms with Crippen LogP contribution in [-0.4, -0.2) is 41.5 Å². The van der Waals surface area contributed by atoms with Gasteiger partial charge in [0, 0.05) is 25.0 Å². The summed E-state index contributed by atoms with van der Waals surface area (Å²) in [6.45, 7) is 6.66. The smallest absolute Gasteiger partial charge is 0.127 e. The number of carbonyl (C=O) groups excluding carboxylic acids is 1. The zero-order valence-electron chi connectivity index (χ0n) is 11.1. The molecule has 0 bridgehead atoms. The molecule has 0 aromatic heterocycles. The number of nitrogens with zero attached hydrogens (tertiary/aromatic N) is 1. The minimum atomic E-state index is -0.550. The fourth-order valence-electron chi connectivity index (χ4n) is 3.27. The van der Waals surface area contributed by atoms with Gasteiger partial charge in [0.2, 0.25) is 0 Å². The van der Waals surface area contributed by atoms with Gasteiger partial charge in [0.1, 0.15) is 6.29 Å². The average Bonchev–Trinajstić information content (AvgIpc) is 2.62. The summed E-state index contributed by atoms with van der Waals surface area (Å²) in [5.74, 6) is 0.768. The second-order valence-electron chi connectivity index (χ2n) is 6.62. The maximum absolute atomic E-state index is 11.4. The van der Waals surface area contributed by atoms with Crippen molar-refractivity contribution < 1.29 is 9.90 Å². The van der Waals surface area contributed by atoms with Crippen molar-refractivity contribution in [3.8, 4) is 0 Å². The zero-order valence-corrected chi connectivity index (χ0v) is 11.1. The number of likely N-dealkylation sites (tertiary alicyclic amines) is 1. The van der Waals surface area contributed by atoms with Gasteiger partial charge in [-0.15, -0.1) is 0 Å². The molecule has 3 heteroatoms. The number of aldehydes is 1. The molecule has 17 heavy (non-hydrogen) atoms. The average molecular weight is 239 g/mol. The number of hydrogen-bond donors (Lipinski definition) is 1. The van der Waals surface area contributed by atoms with Gasteiger partial charge in [0.05, 0.1) is 5.60 Å². The highest BCUT2D eigenvalue weighted by Gasteiger charge is 2.39. The van der Waals surface area contributed by atoms with E-state index in [0.717, 1.165) is 44.8 Å². The van der Waals surface area contributed by atoms with Gasteiger partial charge in [-0.2, -0.15) is 0 Å². The summed E-state index contributed by atoms with van der Waals surface area (Å²) in [6.07, 6.45) is 6.41. The van der Waals surface area contributed by atoms with Gasteiger partial charge >= 0.3 is 0 Å². The molecule has 0 aromatic rings. The molecule has 98 valence electrons. The highest BCUT2D eigenvalue weighted by atomic mass is 16.3. The first-order chi connectivity index (χ1) is 7.95. The van der Waals surface area contributed by atoms with Crippen LogP contribution in [0.1, 0.15) is 46.0 Å². The SMILES string of the molecule is CC1CCC(C=O)(CN2CCC(C)(O)C2)CC1. The molecule has 2 aliphatic rings.